The Morgan fingerprint density at radius 1 is 0.656 bits per heavy atom. The Balaban J connectivity index is 1.62. The van der Waals surface area contributed by atoms with Crippen LogP contribution in [0.25, 0.3) is 21.9 Å². The summed E-state index contributed by atoms with van der Waals surface area (Å²) in [6, 6.07) is 16.9. The van der Waals surface area contributed by atoms with Gasteiger partial charge in [-0.15, -0.1) is 6.58 Å². The molecule has 0 aliphatic carbocycles. The molecule has 0 spiro atoms. The molecular formula is C28H18F4. The van der Waals surface area contributed by atoms with Crippen molar-refractivity contribution in [2.75, 3.05) is 0 Å². The molecule has 0 saturated carbocycles. The van der Waals surface area contributed by atoms with Crippen LogP contribution in [0, 0.1) is 35.1 Å². The van der Waals surface area contributed by atoms with Crippen LogP contribution < -0.4 is 0 Å². The molecular weight excluding hydrogens is 412 g/mol. The minimum atomic E-state index is -0.968. The normalized spacial score (nSPS) is 10.6. The molecule has 4 rings (SSSR count). The first kappa shape index (κ1) is 21.4. The maximum Gasteiger partial charge on any atom is 0.159 e. The van der Waals surface area contributed by atoms with Crippen LogP contribution in [-0.2, 0) is 6.42 Å². The Labute approximate surface area is 183 Å². The SMILES string of the molecule is C=CCCc1ccc(-c2cc(F)c(C#Cc3ccc4cc(F)c(F)cc4c3)c(F)c2)cc1. The van der Waals surface area contributed by atoms with E-state index in [1.165, 1.54) is 12.1 Å². The van der Waals surface area contributed by atoms with E-state index >= 15 is 0 Å². The van der Waals surface area contributed by atoms with E-state index in [1.807, 2.05) is 30.3 Å². The summed E-state index contributed by atoms with van der Waals surface area (Å²) < 4.78 is 56.1. The fourth-order valence-electron chi connectivity index (χ4n) is 3.45. The van der Waals surface area contributed by atoms with E-state index in [0.717, 1.165) is 30.5 Å². The van der Waals surface area contributed by atoms with Gasteiger partial charge in [-0.3, -0.25) is 0 Å². The zero-order valence-corrected chi connectivity index (χ0v) is 17.1. The zero-order chi connectivity index (χ0) is 22.7. The van der Waals surface area contributed by atoms with Crippen LogP contribution in [0.1, 0.15) is 23.1 Å². The summed E-state index contributed by atoms with van der Waals surface area (Å²) >= 11 is 0. The predicted molar refractivity (Wildman–Crippen MR) is 120 cm³/mol. The molecule has 0 atom stereocenters. The average Bonchev–Trinajstić information content (AvgIpc) is 2.78. The lowest BCUT2D eigenvalue weighted by Crippen LogP contribution is -1.93. The molecule has 0 heterocycles. The summed E-state index contributed by atoms with van der Waals surface area (Å²) in [5, 5.41) is 0.954. The largest absolute Gasteiger partial charge is 0.205 e. The number of halogens is 4. The fourth-order valence-corrected chi connectivity index (χ4v) is 3.45. The quantitative estimate of drug-likeness (QED) is 0.178. The van der Waals surface area contributed by atoms with Gasteiger partial charge in [0.2, 0.25) is 0 Å². The predicted octanol–water partition coefficient (Wildman–Crippen LogP) is 7.58. The Kier molecular flexibility index (Phi) is 6.09. The fraction of sp³-hybridized carbons (Fsp3) is 0.0714. The third-order valence-corrected chi connectivity index (χ3v) is 5.18. The van der Waals surface area contributed by atoms with Crippen molar-refractivity contribution in [2.24, 2.45) is 0 Å². The maximum absolute atomic E-state index is 14.7. The van der Waals surface area contributed by atoms with E-state index in [2.05, 4.69) is 18.4 Å². The van der Waals surface area contributed by atoms with Gasteiger partial charge in [0, 0.05) is 5.56 Å². The molecule has 0 bridgehead atoms. The van der Waals surface area contributed by atoms with Gasteiger partial charge in [0.05, 0.1) is 5.56 Å². The first-order chi connectivity index (χ1) is 15.4. The monoisotopic (exact) mass is 430 g/mol. The molecule has 158 valence electrons. The van der Waals surface area contributed by atoms with Gasteiger partial charge in [-0.1, -0.05) is 48.2 Å². The standard InChI is InChI=1S/C28H18F4/c1-2-3-4-18-5-9-20(10-6-18)23-15-25(29)24(26(30)16-23)12-8-19-7-11-21-14-27(31)28(32)17-22(21)13-19/h2,5-7,9-11,13-17H,1,3-4H2. The molecule has 0 N–H and O–H groups in total. The van der Waals surface area contributed by atoms with Crippen molar-refractivity contribution in [2.45, 2.75) is 12.8 Å². The van der Waals surface area contributed by atoms with Crippen molar-refractivity contribution in [1.82, 2.24) is 0 Å². The molecule has 0 amide bonds. The van der Waals surface area contributed by atoms with E-state index in [0.29, 0.717) is 27.5 Å². The van der Waals surface area contributed by atoms with Crippen molar-refractivity contribution in [1.29, 1.82) is 0 Å². The molecule has 0 saturated heterocycles. The maximum atomic E-state index is 14.7. The van der Waals surface area contributed by atoms with Crippen LogP contribution in [0.5, 0.6) is 0 Å². The van der Waals surface area contributed by atoms with Crippen LogP contribution >= 0.6 is 0 Å². The number of fused-ring (bicyclic) bond motifs is 1. The molecule has 32 heavy (non-hydrogen) atoms. The first-order valence-corrected chi connectivity index (χ1v) is 10.0. The van der Waals surface area contributed by atoms with Gasteiger partial charge in [0.1, 0.15) is 11.6 Å². The van der Waals surface area contributed by atoms with E-state index in [1.54, 1.807) is 18.2 Å². The Morgan fingerprint density at radius 3 is 1.97 bits per heavy atom. The Bertz CT molecular complexity index is 1350. The second kappa shape index (κ2) is 9.11. The van der Waals surface area contributed by atoms with E-state index in [4.69, 9.17) is 0 Å². The highest BCUT2D eigenvalue weighted by molar-refractivity contribution is 5.84. The average molecular weight is 430 g/mol. The van der Waals surface area contributed by atoms with Crippen molar-refractivity contribution in [3.63, 3.8) is 0 Å². The molecule has 0 unspecified atom stereocenters. The molecule has 0 nitrogen and oxygen atoms in total. The summed E-state index contributed by atoms with van der Waals surface area (Å²) in [4.78, 5) is 0. The van der Waals surface area contributed by atoms with Crippen molar-refractivity contribution in [3.05, 3.63) is 119 Å². The Morgan fingerprint density at radius 2 is 1.31 bits per heavy atom. The highest BCUT2D eigenvalue weighted by Gasteiger charge is 2.11. The number of benzene rings is 4. The molecule has 0 aliphatic rings. The van der Waals surface area contributed by atoms with Gasteiger partial charge in [-0.25, -0.2) is 17.6 Å². The van der Waals surface area contributed by atoms with Crippen LogP contribution in [0.4, 0.5) is 17.6 Å². The van der Waals surface area contributed by atoms with Crippen LogP contribution in [-0.4, -0.2) is 0 Å². The Hall–Kier alpha value is -3.84. The molecule has 4 aromatic carbocycles. The molecule has 0 radical (unpaired) electrons. The minimum Gasteiger partial charge on any atom is -0.205 e. The van der Waals surface area contributed by atoms with Crippen molar-refractivity contribution in [3.8, 4) is 23.0 Å². The summed E-state index contributed by atoms with van der Waals surface area (Å²) in [6.07, 6.45) is 3.56. The molecule has 4 heteroatoms. The first-order valence-electron chi connectivity index (χ1n) is 10.0. The molecule has 4 aromatic rings. The van der Waals surface area contributed by atoms with Gasteiger partial charge in [-0.2, -0.15) is 0 Å². The van der Waals surface area contributed by atoms with Crippen molar-refractivity contribution < 1.29 is 17.6 Å². The second-order valence-electron chi connectivity index (χ2n) is 7.42. The third-order valence-electron chi connectivity index (χ3n) is 5.18. The lowest BCUT2D eigenvalue weighted by molar-refractivity contribution is 0.511. The highest BCUT2D eigenvalue weighted by atomic mass is 19.2. The molecule has 0 aromatic heterocycles. The van der Waals surface area contributed by atoms with E-state index < -0.39 is 23.3 Å². The molecule has 0 fully saturated rings. The summed E-state index contributed by atoms with van der Waals surface area (Å²) in [5.41, 5.74) is 2.33. The third kappa shape index (κ3) is 4.58. The summed E-state index contributed by atoms with van der Waals surface area (Å²) in [7, 11) is 0. The lowest BCUT2D eigenvalue weighted by Gasteiger charge is -2.06. The van der Waals surface area contributed by atoms with E-state index in [9.17, 15) is 17.6 Å². The summed E-state index contributed by atoms with van der Waals surface area (Å²) in [6.45, 7) is 3.70. The zero-order valence-electron chi connectivity index (χ0n) is 17.1. The topological polar surface area (TPSA) is 0 Å². The van der Waals surface area contributed by atoms with Crippen molar-refractivity contribution >= 4 is 10.8 Å². The minimum absolute atomic E-state index is 0.346. The number of rotatable bonds is 4. The number of hydrogen-bond acceptors (Lipinski definition) is 0. The van der Waals surface area contributed by atoms with Gasteiger partial charge >= 0.3 is 0 Å². The second-order valence-corrected chi connectivity index (χ2v) is 7.42. The number of hydrogen-bond donors (Lipinski definition) is 0. The highest BCUT2D eigenvalue weighted by Crippen LogP contribution is 2.25. The smallest absolute Gasteiger partial charge is 0.159 e. The van der Waals surface area contributed by atoms with Crippen LogP contribution in [0.3, 0.4) is 0 Å². The van der Waals surface area contributed by atoms with Gasteiger partial charge in [0.25, 0.3) is 0 Å². The molecule has 0 aliphatic heterocycles. The van der Waals surface area contributed by atoms with Gasteiger partial charge in [-0.05, 0) is 76.7 Å². The lowest BCUT2D eigenvalue weighted by atomic mass is 10.00. The number of aryl methyl sites for hydroxylation is 1. The van der Waals surface area contributed by atoms with E-state index in [-0.39, 0.29) is 5.56 Å². The van der Waals surface area contributed by atoms with Crippen LogP contribution in [0.2, 0.25) is 0 Å². The van der Waals surface area contributed by atoms with Gasteiger partial charge in [0.15, 0.2) is 11.6 Å². The number of allylic oxidation sites excluding steroid dienone is 1. The summed E-state index contributed by atoms with van der Waals surface area (Å²) in [5.74, 6) is 1.78. The van der Waals surface area contributed by atoms with Crippen LogP contribution in [0.15, 0.2) is 79.4 Å². The van der Waals surface area contributed by atoms with Gasteiger partial charge < -0.3 is 0 Å².